The second-order valence-electron chi connectivity index (χ2n) is 6.57. The van der Waals surface area contributed by atoms with Crippen LogP contribution in [0.5, 0.6) is 0 Å². The molecule has 4 N–H and O–H groups in total. The van der Waals surface area contributed by atoms with Crippen LogP contribution in [0, 0.1) is 5.82 Å². The van der Waals surface area contributed by atoms with Crippen molar-refractivity contribution in [3.8, 4) is 0 Å². The van der Waals surface area contributed by atoms with Crippen LogP contribution in [-0.4, -0.2) is 40.9 Å². The van der Waals surface area contributed by atoms with Crippen LogP contribution in [0.15, 0.2) is 34.7 Å². The number of halogens is 8. The summed E-state index contributed by atoms with van der Waals surface area (Å²) in [6.45, 7) is -0.707. The zero-order chi connectivity index (χ0) is 25.5. The molecule has 1 aromatic rings. The molecule has 33 heavy (non-hydrogen) atoms. The molecule has 0 saturated carbocycles. The van der Waals surface area contributed by atoms with Gasteiger partial charge in [-0.15, -0.1) is 0 Å². The molecule has 0 radical (unpaired) electrons. The molecule has 0 bridgehead atoms. The Labute approximate surface area is 178 Å². The summed E-state index contributed by atoms with van der Waals surface area (Å²) in [6, 6.07) is 0.325. The molecule has 0 aromatic heterocycles. The lowest BCUT2D eigenvalue weighted by molar-refractivity contribution is -0.167. The van der Waals surface area contributed by atoms with Gasteiger partial charge < -0.3 is 20.8 Å². The van der Waals surface area contributed by atoms with Gasteiger partial charge in [-0.05, 0) is 19.1 Å². The molecular weight excluding hydrogens is 476 g/mol. The van der Waals surface area contributed by atoms with Crippen LogP contribution < -0.4 is 10.6 Å². The predicted molar refractivity (Wildman–Crippen MR) is 92.9 cm³/mol. The van der Waals surface area contributed by atoms with Crippen LogP contribution >= 0.6 is 0 Å². The molecular formula is C18H12F8N2O5. The number of carbonyl (C=O) groups excluding carboxylic acids is 1. The molecule has 180 valence electrons. The molecule has 0 aliphatic carbocycles. The van der Waals surface area contributed by atoms with Crippen molar-refractivity contribution in [2.45, 2.75) is 25.2 Å². The van der Waals surface area contributed by atoms with E-state index in [2.05, 4.69) is 5.32 Å². The van der Waals surface area contributed by atoms with E-state index in [0.29, 0.717) is 0 Å². The minimum absolute atomic E-state index is 0.142. The van der Waals surface area contributed by atoms with Crippen molar-refractivity contribution in [1.82, 2.24) is 5.32 Å². The lowest BCUT2D eigenvalue weighted by Crippen LogP contribution is -2.35. The largest absolute Gasteiger partial charge is 0.478 e. The molecule has 0 spiro atoms. The molecule has 0 fully saturated rings. The maximum atomic E-state index is 14.8. The van der Waals surface area contributed by atoms with E-state index in [4.69, 9.17) is 0 Å². The van der Waals surface area contributed by atoms with E-state index >= 15 is 0 Å². The van der Waals surface area contributed by atoms with Crippen LogP contribution in [0.3, 0.4) is 0 Å². The highest BCUT2D eigenvalue weighted by Crippen LogP contribution is 2.47. The van der Waals surface area contributed by atoms with Crippen molar-refractivity contribution < 1.29 is 59.7 Å². The third-order valence-electron chi connectivity index (χ3n) is 4.51. The zero-order valence-corrected chi connectivity index (χ0v) is 16.1. The summed E-state index contributed by atoms with van der Waals surface area (Å²) in [6.07, 6.45) is -11.4. The molecule has 1 atom stereocenters. The Morgan fingerprint density at radius 1 is 1.03 bits per heavy atom. The first-order valence-electron chi connectivity index (χ1n) is 8.53. The average Bonchev–Trinajstić information content (AvgIpc) is 2.65. The van der Waals surface area contributed by atoms with Crippen molar-refractivity contribution in [2.75, 3.05) is 12.0 Å². The Kier molecular flexibility index (Phi) is 6.76. The quantitative estimate of drug-likeness (QED) is 0.470. The van der Waals surface area contributed by atoms with E-state index in [1.807, 2.05) is 0 Å². The maximum Gasteiger partial charge on any atom is 0.471 e. The van der Waals surface area contributed by atoms with Crippen LogP contribution in [0.1, 0.15) is 24.0 Å². The van der Waals surface area contributed by atoms with Gasteiger partial charge in [0.2, 0.25) is 0 Å². The number of carbonyl (C=O) groups is 3. The van der Waals surface area contributed by atoms with Crippen LogP contribution in [0.2, 0.25) is 0 Å². The highest BCUT2D eigenvalue weighted by Gasteiger charge is 2.47. The lowest BCUT2D eigenvalue weighted by atomic mass is 9.77. The number of rotatable bonds is 5. The van der Waals surface area contributed by atoms with E-state index in [-0.39, 0.29) is 12.1 Å². The summed E-state index contributed by atoms with van der Waals surface area (Å²) in [4.78, 5) is 34.7. The summed E-state index contributed by atoms with van der Waals surface area (Å²) in [5.41, 5.74) is -9.49. The first-order chi connectivity index (χ1) is 15.0. The number of dihydropyridines is 1. The number of nitrogens with one attached hydrogen (secondary N) is 2. The lowest BCUT2D eigenvalue weighted by Gasteiger charge is -2.31. The number of benzene rings is 1. The zero-order valence-electron chi connectivity index (χ0n) is 16.1. The maximum absolute atomic E-state index is 14.8. The molecule has 1 aliphatic rings. The second-order valence-corrected chi connectivity index (χ2v) is 6.57. The number of carboxylic acid groups (broad SMARTS) is 2. The number of anilines is 1. The molecule has 1 aromatic carbocycles. The Bertz CT molecular complexity index is 1090. The van der Waals surface area contributed by atoms with E-state index in [9.17, 15) is 59.7 Å². The van der Waals surface area contributed by atoms with Crippen LogP contribution in [-0.2, 0) is 20.6 Å². The summed E-state index contributed by atoms with van der Waals surface area (Å²) in [7, 11) is 0. The van der Waals surface area contributed by atoms with Gasteiger partial charge in [-0.2, -0.15) is 26.3 Å². The molecule has 2 rings (SSSR count). The fourth-order valence-corrected chi connectivity index (χ4v) is 3.31. The van der Waals surface area contributed by atoms with Gasteiger partial charge in [-0.1, -0.05) is 0 Å². The fraction of sp³-hybridized carbons (Fsp3) is 0.278. The summed E-state index contributed by atoms with van der Waals surface area (Å²) >= 11 is 0. The first kappa shape index (κ1) is 25.6. The number of amides is 1. The molecule has 7 nitrogen and oxygen atoms in total. The monoisotopic (exact) mass is 488 g/mol. The Morgan fingerprint density at radius 3 is 2.00 bits per heavy atom. The van der Waals surface area contributed by atoms with Gasteiger partial charge >= 0.3 is 30.2 Å². The Morgan fingerprint density at radius 2 is 1.58 bits per heavy atom. The number of alkyl halides is 7. The third-order valence-corrected chi connectivity index (χ3v) is 4.51. The van der Waals surface area contributed by atoms with E-state index in [1.54, 1.807) is 0 Å². The predicted octanol–water partition coefficient (Wildman–Crippen LogP) is 3.70. The molecule has 1 amide bonds. The highest BCUT2D eigenvalue weighted by molar-refractivity contribution is 6.00. The molecule has 1 heterocycles. The topological polar surface area (TPSA) is 116 Å². The molecule has 0 saturated heterocycles. The summed E-state index contributed by atoms with van der Waals surface area (Å²) in [5.74, 6) is -11.5. The van der Waals surface area contributed by atoms with Gasteiger partial charge in [0.15, 0.2) is 0 Å². The SMILES string of the molecule is CC1=C(C(=O)O)C(c2c(F)ccc(NC(=O)C(F)(F)F)c2C(F)(F)F)C(C(=O)O)=C(CF)N1. The normalized spacial score (nSPS) is 17.1. The number of hydrogen-bond acceptors (Lipinski definition) is 4. The number of allylic oxidation sites excluding steroid dienone is 2. The Balaban J connectivity index is 3.00. The van der Waals surface area contributed by atoms with E-state index in [1.165, 1.54) is 0 Å². The smallest absolute Gasteiger partial charge is 0.471 e. The van der Waals surface area contributed by atoms with Gasteiger partial charge in [-0.3, -0.25) is 4.79 Å². The van der Waals surface area contributed by atoms with Gasteiger partial charge in [0.25, 0.3) is 0 Å². The van der Waals surface area contributed by atoms with Crippen molar-refractivity contribution in [3.05, 3.63) is 51.6 Å². The van der Waals surface area contributed by atoms with Crippen molar-refractivity contribution in [1.29, 1.82) is 0 Å². The average molecular weight is 488 g/mol. The molecule has 1 unspecified atom stereocenters. The van der Waals surface area contributed by atoms with Crippen LogP contribution in [0.4, 0.5) is 40.8 Å². The van der Waals surface area contributed by atoms with E-state index in [0.717, 1.165) is 12.2 Å². The number of hydrogen-bond donors (Lipinski definition) is 4. The van der Waals surface area contributed by atoms with Crippen LogP contribution in [0.25, 0.3) is 0 Å². The minimum atomic E-state index is -5.71. The van der Waals surface area contributed by atoms with Gasteiger partial charge in [-0.25, -0.2) is 18.4 Å². The van der Waals surface area contributed by atoms with Crippen molar-refractivity contribution in [3.63, 3.8) is 0 Å². The summed E-state index contributed by atoms with van der Waals surface area (Å²) < 4.78 is 108. The number of carboxylic acids is 2. The Hall–Kier alpha value is -3.65. The minimum Gasteiger partial charge on any atom is -0.478 e. The van der Waals surface area contributed by atoms with Gasteiger partial charge in [0.1, 0.15) is 12.5 Å². The van der Waals surface area contributed by atoms with E-state index < -0.39 is 88.0 Å². The number of aliphatic carboxylic acids is 2. The standard InChI is InChI=1S/C18H12F8N2O5/c1-5-9(14(29)30)12(11(15(31)32)8(4-19)27-5)10-6(20)2-3-7(13(10)17(21,22)23)28-16(33)18(24,25)26/h2-3,12,27H,4H2,1H3,(H,28,33)(H,29,30)(H,31,32). The third kappa shape index (κ3) is 4.90. The highest BCUT2D eigenvalue weighted by atomic mass is 19.4. The first-order valence-corrected chi connectivity index (χ1v) is 8.53. The summed E-state index contributed by atoms with van der Waals surface area (Å²) in [5, 5.41) is 21.9. The fourth-order valence-electron chi connectivity index (χ4n) is 3.31. The van der Waals surface area contributed by atoms with Crippen molar-refractivity contribution >= 4 is 23.5 Å². The molecule has 15 heteroatoms. The van der Waals surface area contributed by atoms with Gasteiger partial charge in [0, 0.05) is 11.3 Å². The van der Waals surface area contributed by atoms with Gasteiger partial charge in [0.05, 0.1) is 34.0 Å². The van der Waals surface area contributed by atoms with Crippen molar-refractivity contribution in [2.24, 2.45) is 0 Å². The second kappa shape index (κ2) is 8.71. The molecule has 1 aliphatic heterocycles.